The molecule has 0 aliphatic rings. The molecule has 0 nitrogen and oxygen atoms in total. The maximum atomic E-state index is 3.27. The highest BCUT2D eigenvalue weighted by molar-refractivity contribution is 5.46. The predicted molar refractivity (Wildman–Crippen MR) is 62.3 cm³/mol. The molecule has 14 heavy (non-hydrogen) atoms. The first-order chi connectivity index (χ1) is 6.75. The highest BCUT2D eigenvalue weighted by Crippen LogP contribution is 2.11. The van der Waals surface area contributed by atoms with Crippen LogP contribution in [0.25, 0.3) is 0 Å². The van der Waals surface area contributed by atoms with Gasteiger partial charge in [0.1, 0.15) is 0 Å². The summed E-state index contributed by atoms with van der Waals surface area (Å²) in [6.07, 6.45) is 3.45. The van der Waals surface area contributed by atoms with Gasteiger partial charge in [0.05, 0.1) is 0 Å². The Hall–Kier alpha value is -1.22. The van der Waals surface area contributed by atoms with Gasteiger partial charge in [0.25, 0.3) is 0 Å². The summed E-state index contributed by atoms with van der Waals surface area (Å²) in [7, 11) is 0. The Morgan fingerprint density at radius 1 is 1.14 bits per heavy atom. The summed E-state index contributed by atoms with van der Waals surface area (Å²) >= 11 is 0. The van der Waals surface area contributed by atoms with Gasteiger partial charge in [-0.15, -0.1) is 0 Å². The lowest BCUT2D eigenvalue weighted by Gasteiger charge is -2.01. The van der Waals surface area contributed by atoms with Crippen LogP contribution in [0.5, 0.6) is 0 Å². The third kappa shape index (κ3) is 2.92. The standard InChI is InChI=1S/C14H18/c1-4-5-6-7-11-14-12(2)9-8-10-13(14)3/h8-10H,4-6H2,1-3H3. The Bertz CT molecular complexity index is 330. The van der Waals surface area contributed by atoms with Crippen molar-refractivity contribution in [1.29, 1.82) is 0 Å². The van der Waals surface area contributed by atoms with Crippen molar-refractivity contribution in [2.24, 2.45) is 0 Å². The van der Waals surface area contributed by atoms with Crippen molar-refractivity contribution in [1.82, 2.24) is 0 Å². The SMILES string of the molecule is CCCCC#Cc1c(C)cccc1C. The Labute approximate surface area is 87.4 Å². The number of hydrogen-bond acceptors (Lipinski definition) is 0. The molecular formula is C14H18. The molecule has 0 unspecified atom stereocenters. The van der Waals surface area contributed by atoms with E-state index in [4.69, 9.17) is 0 Å². The lowest BCUT2D eigenvalue weighted by atomic mass is 10.0. The molecule has 0 N–H and O–H groups in total. The van der Waals surface area contributed by atoms with E-state index in [1.54, 1.807) is 0 Å². The first-order valence-corrected chi connectivity index (χ1v) is 5.30. The van der Waals surface area contributed by atoms with Crippen LogP contribution in [0.15, 0.2) is 18.2 Å². The van der Waals surface area contributed by atoms with Gasteiger partial charge in [0, 0.05) is 12.0 Å². The number of benzene rings is 1. The number of hydrogen-bond donors (Lipinski definition) is 0. The van der Waals surface area contributed by atoms with Gasteiger partial charge in [0.2, 0.25) is 0 Å². The lowest BCUT2D eigenvalue weighted by molar-refractivity contribution is 0.828. The quantitative estimate of drug-likeness (QED) is 0.486. The molecule has 74 valence electrons. The topological polar surface area (TPSA) is 0 Å². The van der Waals surface area contributed by atoms with Gasteiger partial charge in [-0.3, -0.25) is 0 Å². The van der Waals surface area contributed by atoms with E-state index in [1.165, 1.54) is 29.5 Å². The van der Waals surface area contributed by atoms with E-state index in [1.807, 2.05) is 0 Å². The van der Waals surface area contributed by atoms with Crippen molar-refractivity contribution in [2.45, 2.75) is 40.0 Å². The fraction of sp³-hybridized carbons (Fsp3) is 0.429. The van der Waals surface area contributed by atoms with Crippen LogP contribution in [0.4, 0.5) is 0 Å². The molecule has 0 fully saturated rings. The summed E-state index contributed by atoms with van der Waals surface area (Å²) in [5, 5.41) is 0. The average Bonchev–Trinajstić information content (AvgIpc) is 2.16. The number of aryl methyl sites for hydroxylation is 2. The van der Waals surface area contributed by atoms with E-state index in [2.05, 4.69) is 50.8 Å². The second-order valence-electron chi connectivity index (χ2n) is 3.67. The zero-order chi connectivity index (χ0) is 10.4. The van der Waals surface area contributed by atoms with E-state index in [0.29, 0.717) is 0 Å². The van der Waals surface area contributed by atoms with Gasteiger partial charge in [0.15, 0.2) is 0 Å². The van der Waals surface area contributed by atoms with Crippen LogP contribution >= 0.6 is 0 Å². The van der Waals surface area contributed by atoms with Gasteiger partial charge in [-0.1, -0.05) is 43.4 Å². The van der Waals surface area contributed by atoms with E-state index >= 15 is 0 Å². The van der Waals surface area contributed by atoms with Crippen LogP contribution in [-0.4, -0.2) is 0 Å². The molecule has 0 bridgehead atoms. The molecule has 0 spiro atoms. The summed E-state index contributed by atoms with van der Waals surface area (Å²) in [6.45, 7) is 6.44. The van der Waals surface area contributed by atoms with Gasteiger partial charge in [-0.2, -0.15) is 0 Å². The molecule has 1 aromatic rings. The van der Waals surface area contributed by atoms with Crippen LogP contribution in [-0.2, 0) is 0 Å². The van der Waals surface area contributed by atoms with E-state index in [0.717, 1.165) is 6.42 Å². The minimum Gasteiger partial charge on any atom is -0.0979 e. The zero-order valence-electron chi connectivity index (χ0n) is 9.35. The fourth-order valence-corrected chi connectivity index (χ4v) is 1.43. The smallest absolute Gasteiger partial charge is 0.0303 e. The average molecular weight is 186 g/mol. The second kappa shape index (κ2) is 5.50. The van der Waals surface area contributed by atoms with Crippen LogP contribution in [0.1, 0.15) is 42.9 Å². The molecule has 0 saturated carbocycles. The second-order valence-corrected chi connectivity index (χ2v) is 3.67. The van der Waals surface area contributed by atoms with Crippen LogP contribution < -0.4 is 0 Å². The molecule has 0 heterocycles. The van der Waals surface area contributed by atoms with Crippen LogP contribution in [0.3, 0.4) is 0 Å². The molecule has 0 aliphatic carbocycles. The molecule has 1 rings (SSSR count). The maximum absolute atomic E-state index is 3.27. The summed E-state index contributed by atoms with van der Waals surface area (Å²) < 4.78 is 0. The summed E-state index contributed by atoms with van der Waals surface area (Å²) in [4.78, 5) is 0. The Morgan fingerprint density at radius 3 is 2.36 bits per heavy atom. The molecule has 0 saturated heterocycles. The largest absolute Gasteiger partial charge is 0.0979 e. The molecular weight excluding hydrogens is 168 g/mol. The molecule has 0 aromatic heterocycles. The van der Waals surface area contributed by atoms with E-state index in [9.17, 15) is 0 Å². The van der Waals surface area contributed by atoms with Crippen molar-refractivity contribution < 1.29 is 0 Å². The normalized spacial score (nSPS) is 9.36. The number of unbranched alkanes of at least 4 members (excludes halogenated alkanes) is 2. The van der Waals surface area contributed by atoms with Crippen molar-refractivity contribution >= 4 is 0 Å². The molecule has 0 aliphatic heterocycles. The molecule has 0 heteroatoms. The Balaban J connectivity index is 2.78. The van der Waals surface area contributed by atoms with Crippen molar-refractivity contribution in [3.8, 4) is 11.8 Å². The van der Waals surface area contributed by atoms with Gasteiger partial charge < -0.3 is 0 Å². The first-order valence-electron chi connectivity index (χ1n) is 5.30. The Morgan fingerprint density at radius 2 is 1.79 bits per heavy atom. The number of rotatable bonds is 2. The summed E-state index contributed by atoms with van der Waals surface area (Å²) in [6, 6.07) is 6.33. The minimum atomic E-state index is 1.02. The monoisotopic (exact) mass is 186 g/mol. The third-order valence-electron chi connectivity index (χ3n) is 2.35. The van der Waals surface area contributed by atoms with Crippen LogP contribution in [0, 0.1) is 25.7 Å². The van der Waals surface area contributed by atoms with Crippen molar-refractivity contribution in [3.63, 3.8) is 0 Å². The maximum Gasteiger partial charge on any atom is 0.0303 e. The van der Waals surface area contributed by atoms with E-state index < -0.39 is 0 Å². The van der Waals surface area contributed by atoms with Gasteiger partial charge in [-0.05, 0) is 31.4 Å². The molecule has 0 radical (unpaired) electrons. The highest BCUT2D eigenvalue weighted by Gasteiger charge is 1.96. The van der Waals surface area contributed by atoms with Crippen molar-refractivity contribution in [3.05, 3.63) is 34.9 Å². The molecule has 0 amide bonds. The van der Waals surface area contributed by atoms with E-state index in [-0.39, 0.29) is 0 Å². The first kappa shape index (κ1) is 10.9. The van der Waals surface area contributed by atoms with Crippen LogP contribution in [0.2, 0.25) is 0 Å². The van der Waals surface area contributed by atoms with Crippen molar-refractivity contribution in [2.75, 3.05) is 0 Å². The zero-order valence-corrected chi connectivity index (χ0v) is 9.35. The fourth-order valence-electron chi connectivity index (χ4n) is 1.43. The third-order valence-corrected chi connectivity index (χ3v) is 2.35. The minimum absolute atomic E-state index is 1.02. The predicted octanol–water partition coefficient (Wildman–Crippen LogP) is 3.85. The van der Waals surface area contributed by atoms with Gasteiger partial charge >= 0.3 is 0 Å². The Kier molecular flexibility index (Phi) is 4.26. The lowest BCUT2D eigenvalue weighted by Crippen LogP contribution is -1.86. The molecule has 1 aromatic carbocycles. The van der Waals surface area contributed by atoms with Gasteiger partial charge in [-0.25, -0.2) is 0 Å². The highest BCUT2D eigenvalue weighted by atomic mass is 14.0. The summed E-state index contributed by atoms with van der Waals surface area (Å²) in [5.41, 5.74) is 3.78. The summed E-state index contributed by atoms with van der Waals surface area (Å²) in [5.74, 6) is 6.50. The molecule has 0 atom stereocenters.